The lowest BCUT2D eigenvalue weighted by Gasteiger charge is -2.53. The quantitative estimate of drug-likeness (QED) is 0.659. The van der Waals surface area contributed by atoms with E-state index in [0.717, 1.165) is 22.4 Å². The molecule has 2 heteroatoms. The molecule has 1 aliphatic heterocycles. The second-order valence-electron chi connectivity index (χ2n) is 6.70. The molecule has 2 rings (SSSR count). The molecule has 0 spiro atoms. The van der Waals surface area contributed by atoms with Crippen molar-refractivity contribution in [2.75, 3.05) is 0 Å². The maximum atomic E-state index is 15.3. The predicted octanol–water partition coefficient (Wildman–Crippen LogP) is 4.48. The molecular formula is C16H23FO. The smallest absolute Gasteiger partial charge is 0.156 e. The van der Waals surface area contributed by atoms with Crippen LogP contribution in [0.1, 0.15) is 51.3 Å². The zero-order valence-electron chi connectivity index (χ0n) is 12.4. The summed E-state index contributed by atoms with van der Waals surface area (Å²) in [6, 6.07) is 4.11. The highest BCUT2D eigenvalue weighted by molar-refractivity contribution is 5.51. The summed E-state index contributed by atoms with van der Waals surface area (Å²) in [4.78, 5) is 0. The lowest BCUT2D eigenvalue weighted by Crippen LogP contribution is -2.62. The van der Waals surface area contributed by atoms with E-state index in [1.54, 1.807) is 6.92 Å². The van der Waals surface area contributed by atoms with Gasteiger partial charge in [-0.2, -0.15) is 0 Å². The summed E-state index contributed by atoms with van der Waals surface area (Å²) in [6.45, 7) is 13.3. The number of hydrogen-bond donors (Lipinski definition) is 0. The van der Waals surface area contributed by atoms with Crippen LogP contribution >= 0.6 is 0 Å². The van der Waals surface area contributed by atoms with Crippen molar-refractivity contribution in [3.8, 4) is 5.75 Å². The number of ether oxygens (including phenoxy) is 1. The van der Waals surface area contributed by atoms with E-state index in [4.69, 9.17) is 4.74 Å². The van der Waals surface area contributed by atoms with Gasteiger partial charge in [0, 0.05) is 11.0 Å². The third-order valence-corrected chi connectivity index (χ3v) is 4.74. The SMILES string of the molecule is Cc1cc(C)c2c(c1)OC(C)(C)C(C)(F)C2(C)C. The molecule has 1 heterocycles. The van der Waals surface area contributed by atoms with Crippen LogP contribution < -0.4 is 4.74 Å². The minimum atomic E-state index is -1.42. The van der Waals surface area contributed by atoms with Gasteiger partial charge in [0.2, 0.25) is 0 Å². The van der Waals surface area contributed by atoms with Crippen molar-refractivity contribution in [2.45, 2.75) is 65.2 Å². The molecule has 1 atom stereocenters. The zero-order valence-corrected chi connectivity index (χ0v) is 12.4. The maximum absolute atomic E-state index is 15.3. The van der Waals surface area contributed by atoms with Crippen LogP contribution in [0.3, 0.4) is 0 Å². The first-order valence-corrected chi connectivity index (χ1v) is 6.50. The van der Waals surface area contributed by atoms with Gasteiger partial charge in [0.1, 0.15) is 11.4 Å². The fraction of sp³-hybridized carbons (Fsp3) is 0.625. The van der Waals surface area contributed by atoms with Crippen molar-refractivity contribution < 1.29 is 9.13 Å². The molecule has 1 aromatic rings. The van der Waals surface area contributed by atoms with Crippen LogP contribution in [0.15, 0.2) is 12.1 Å². The Balaban J connectivity index is 2.77. The summed E-state index contributed by atoms with van der Waals surface area (Å²) in [5.74, 6) is 0.831. The molecule has 0 saturated carbocycles. The number of alkyl halides is 1. The summed E-state index contributed by atoms with van der Waals surface area (Å²) < 4.78 is 21.2. The average molecular weight is 250 g/mol. The fourth-order valence-electron chi connectivity index (χ4n) is 3.17. The highest BCUT2D eigenvalue weighted by atomic mass is 19.1. The Morgan fingerprint density at radius 2 is 1.56 bits per heavy atom. The maximum Gasteiger partial charge on any atom is 0.156 e. The standard InChI is InChI=1S/C16H23FO/c1-10-8-11(2)13-12(9-10)18-15(5,6)16(7,17)14(13,3)4/h8-9H,1-7H3. The van der Waals surface area contributed by atoms with Crippen molar-refractivity contribution >= 4 is 0 Å². The van der Waals surface area contributed by atoms with Gasteiger partial charge in [-0.25, -0.2) is 4.39 Å². The van der Waals surface area contributed by atoms with Crippen LogP contribution in [0, 0.1) is 13.8 Å². The van der Waals surface area contributed by atoms with Gasteiger partial charge in [-0.1, -0.05) is 19.9 Å². The highest BCUT2D eigenvalue weighted by Gasteiger charge is 2.59. The second-order valence-corrected chi connectivity index (χ2v) is 6.70. The molecule has 1 unspecified atom stereocenters. The molecule has 1 aliphatic rings. The summed E-state index contributed by atoms with van der Waals surface area (Å²) in [5.41, 5.74) is 0.436. The lowest BCUT2D eigenvalue weighted by molar-refractivity contribution is -0.106. The first-order valence-electron chi connectivity index (χ1n) is 6.50. The molecule has 100 valence electrons. The van der Waals surface area contributed by atoms with E-state index < -0.39 is 16.7 Å². The number of aryl methyl sites for hydroxylation is 2. The summed E-state index contributed by atoms with van der Waals surface area (Å²) in [7, 11) is 0. The third kappa shape index (κ3) is 1.51. The van der Waals surface area contributed by atoms with Gasteiger partial charge in [-0.3, -0.25) is 0 Å². The Morgan fingerprint density at radius 1 is 1.00 bits per heavy atom. The van der Waals surface area contributed by atoms with Crippen LogP contribution in [-0.2, 0) is 5.41 Å². The largest absolute Gasteiger partial charge is 0.484 e. The van der Waals surface area contributed by atoms with Crippen molar-refractivity contribution in [3.05, 3.63) is 28.8 Å². The van der Waals surface area contributed by atoms with Crippen molar-refractivity contribution in [1.82, 2.24) is 0 Å². The highest BCUT2D eigenvalue weighted by Crippen LogP contribution is 2.54. The number of halogens is 1. The second kappa shape index (κ2) is 3.49. The molecule has 0 aromatic heterocycles. The van der Waals surface area contributed by atoms with Crippen LogP contribution in [0.2, 0.25) is 0 Å². The summed E-state index contributed by atoms with van der Waals surface area (Å²) in [6.07, 6.45) is 0. The van der Waals surface area contributed by atoms with E-state index in [-0.39, 0.29) is 0 Å². The molecule has 1 nitrogen and oxygen atoms in total. The van der Waals surface area contributed by atoms with Gasteiger partial charge in [0.05, 0.1) is 0 Å². The average Bonchev–Trinajstić information content (AvgIpc) is 2.12. The molecule has 0 aliphatic carbocycles. The molecular weight excluding hydrogens is 227 g/mol. The van der Waals surface area contributed by atoms with Crippen molar-refractivity contribution in [1.29, 1.82) is 0 Å². The number of benzene rings is 1. The van der Waals surface area contributed by atoms with Gasteiger partial charge in [-0.05, 0) is 51.8 Å². The summed E-state index contributed by atoms with van der Waals surface area (Å²) in [5, 5.41) is 0. The zero-order chi connectivity index (χ0) is 13.9. The Labute approximate surface area is 109 Å². The van der Waals surface area contributed by atoms with Crippen LogP contribution in [-0.4, -0.2) is 11.3 Å². The van der Waals surface area contributed by atoms with E-state index in [0.29, 0.717) is 0 Å². The first kappa shape index (κ1) is 13.4. The Bertz CT molecular complexity index is 498. The van der Waals surface area contributed by atoms with E-state index in [1.165, 1.54) is 0 Å². The number of hydrogen-bond acceptors (Lipinski definition) is 1. The molecule has 0 saturated heterocycles. The molecule has 0 radical (unpaired) electrons. The molecule has 1 aromatic carbocycles. The molecule has 0 fully saturated rings. The Hall–Kier alpha value is -1.05. The lowest BCUT2D eigenvalue weighted by atomic mass is 9.62. The van der Waals surface area contributed by atoms with Gasteiger partial charge in [0.15, 0.2) is 5.67 Å². The first-order chi connectivity index (χ1) is 8.00. The normalized spacial score (nSPS) is 28.4. The molecule has 18 heavy (non-hydrogen) atoms. The topological polar surface area (TPSA) is 9.23 Å². The molecule has 0 amide bonds. The van der Waals surface area contributed by atoms with Crippen LogP contribution in [0.4, 0.5) is 4.39 Å². The van der Waals surface area contributed by atoms with Crippen LogP contribution in [0.25, 0.3) is 0 Å². The van der Waals surface area contributed by atoms with Gasteiger partial charge >= 0.3 is 0 Å². The van der Waals surface area contributed by atoms with Gasteiger partial charge < -0.3 is 4.74 Å². The van der Waals surface area contributed by atoms with Crippen molar-refractivity contribution in [2.24, 2.45) is 0 Å². The number of fused-ring (bicyclic) bond motifs is 1. The molecule has 0 N–H and O–H groups in total. The van der Waals surface area contributed by atoms with E-state index in [9.17, 15) is 0 Å². The van der Waals surface area contributed by atoms with E-state index in [2.05, 4.69) is 6.07 Å². The monoisotopic (exact) mass is 250 g/mol. The molecule has 0 bridgehead atoms. The minimum Gasteiger partial charge on any atom is -0.484 e. The Morgan fingerprint density at radius 3 is 2.11 bits per heavy atom. The van der Waals surface area contributed by atoms with Gasteiger partial charge in [0.25, 0.3) is 0 Å². The predicted molar refractivity (Wildman–Crippen MR) is 73.2 cm³/mol. The minimum absolute atomic E-state index is 0.568. The van der Waals surface area contributed by atoms with E-state index >= 15 is 4.39 Å². The summed E-state index contributed by atoms with van der Waals surface area (Å²) >= 11 is 0. The van der Waals surface area contributed by atoms with Crippen LogP contribution in [0.5, 0.6) is 5.75 Å². The Kier molecular flexibility index (Phi) is 2.60. The van der Waals surface area contributed by atoms with Gasteiger partial charge in [-0.15, -0.1) is 0 Å². The third-order valence-electron chi connectivity index (χ3n) is 4.74. The van der Waals surface area contributed by atoms with E-state index in [1.807, 2.05) is 47.6 Å². The van der Waals surface area contributed by atoms with Crippen molar-refractivity contribution in [3.63, 3.8) is 0 Å². The number of rotatable bonds is 0. The fourth-order valence-corrected chi connectivity index (χ4v) is 3.17.